The topological polar surface area (TPSA) is 26.0 Å². The summed E-state index contributed by atoms with van der Waals surface area (Å²) in [6, 6.07) is 63.9. The summed E-state index contributed by atoms with van der Waals surface area (Å²) in [6.45, 7) is 4.73. The fourth-order valence-corrected chi connectivity index (χ4v) is 8.97. The van der Waals surface area contributed by atoms with Crippen molar-refractivity contribution < 1.29 is 0 Å². The van der Waals surface area contributed by atoms with Gasteiger partial charge in [-0.2, -0.15) is 0 Å². The number of hydrogen-bond donors (Lipinski definition) is 0. The van der Waals surface area contributed by atoms with E-state index in [9.17, 15) is 0 Å². The quantitative estimate of drug-likeness (QED) is 0.183. The maximum absolute atomic E-state index is 4.89. The van der Waals surface area contributed by atoms with Crippen LogP contribution in [0.5, 0.6) is 0 Å². The van der Waals surface area contributed by atoms with Crippen molar-refractivity contribution in [2.75, 3.05) is 4.90 Å². The van der Waals surface area contributed by atoms with Gasteiger partial charge in [0, 0.05) is 44.8 Å². The molecule has 0 bridgehead atoms. The molecule has 1 aliphatic heterocycles. The number of hydrogen-bond acceptors (Lipinski definition) is 2. The number of benzene rings is 7. The van der Waals surface area contributed by atoms with E-state index in [1.807, 2.05) is 12.3 Å². The Morgan fingerprint density at radius 2 is 0.963 bits per heavy atom. The predicted molar refractivity (Wildman–Crippen MR) is 225 cm³/mol. The SMILES string of the molecule is CC1(C)c2ccccc2N(c2ccccc2)c2cc3c4cc(-c5ccc6c(c5)c5ncccc5n6-c5ccccc5)ccc4n(-c4ccccc4)c3cc21. The number of pyridine rings is 1. The van der Waals surface area contributed by atoms with Crippen LogP contribution in [0.3, 0.4) is 0 Å². The number of anilines is 3. The highest BCUT2D eigenvalue weighted by atomic mass is 15.2. The zero-order chi connectivity index (χ0) is 36.0. The predicted octanol–water partition coefficient (Wildman–Crippen LogP) is 13.1. The molecule has 4 heteroatoms. The summed E-state index contributed by atoms with van der Waals surface area (Å²) in [5, 5.41) is 3.60. The number of nitrogens with zero attached hydrogens (tertiary/aromatic N) is 4. The van der Waals surface area contributed by atoms with Crippen LogP contribution in [-0.2, 0) is 5.41 Å². The van der Waals surface area contributed by atoms with Gasteiger partial charge in [0.1, 0.15) is 0 Å². The molecule has 7 aromatic carbocycles. The maximum atomic E-state index is 4.89. The Hall–Kier alpha value is -6.91. The Morgan fingerprint density at radius 3 is 1.65 bits per heavy atom. The second kappa shape index (κ2) is 11.5. The smallest absolute Gasteiger partial charge is 0.0963 e. The van der Waals surface area contributed by atoms with E-state index < -0.39 is 0 Å². The van der Waals surface area contributed by atoms with Gasteiger partial charge in [0.2, 0.25) is 0 Å². The van der Waals surface area contributed by atoms with Gasteiger partial charge in [-0.15, -0.1) is 0 Å². The second-order valence-corrected chi connectivity index (χ2v) is 14.9. The number of fused-ring (bicyclic) bond motifs is 8. The molecule has 0 fully saturated rings. The number of rotatable bonds is 4. The highest BCUT2D eigenvalue weighted by Gasteiger charge is 2.37. The molecule has 0 radical (unpaired) electrons. The first-order valence-corrected chi connectivity index (χ1v) is 18.6. The van der Waals surface area contributed by atoms with Gasteiger partial charge in [0.05, 0.1) is 39.0 Å². The average molecular weight is 693 g/mol. The lowest BCUT2D eigenvalue weighted by molar-refractivity contribution is 0.632. The Labute approximate surface area is 313 Å². The zero-order valence-corrected chi connectivity index (χ0v) is 30.1. The minimum absolute atomic E-state index is 0.211. The standard InChI is InChI=1S/C50H36N4/c1-50(2)41-21-12-13-22-45(41)54(37-19-10-5-11-20-37)48-31-39-38-29-33(24-26-43(38)53(47(39)32-42(48)50)36-17-8-4-9-18-36)34-25-27-44-40(30-34)49-46(23-14-28-51-49)52(44)35-15-6-3-7-16-35/h3-32H,1-2H3. The summed E-state index contributed by atoms with van der Waals surface area (Å²) in [6.07, 6.45) is 1.90. The monoisotopic (exact) mass is 692 g/mol. The van der Waals surface area contributed by atoms with Crippen molar-refractivity contribution in [3.05, 3.63) is 193 Å². The molecule has 0 saturated carbocycles. The molecule has 4 heterocycles. The molecule has 11 rings (SSSR count). The van der Waals surface area contributed by atoms with Gasteiger partial charge in [-0.05, 0) is 113 Å². The lowest BCUT2D eigenvalue weighted by atomic mass is 9.73. The maximum Gasteiger partial charge on any atom is 0.0963 e. The first kappa shape index (κ1) is 30.7. The lowest BCUT2D eigenvalue weighted by Gasteiger charge is -2.42. The van der Waals surface area contributed by atoms with E-state index in [4.69, 9.17) is 4.98 Å². The zero-order valence-electron chi connectivity index (χ0n) is 30.1. The normalized spacial score (nSPS) is 13.5. The molecule has 0 aliphatic carbocycles. The summed E-state index contributed by atoms with van der Waals surface area (Å²) in [7, 11) is 0. The summed E-state index contributed by atoms with van der Waals surface area (Å²) >= 11 is 0. The molecule has 0 spiro atoms. The molecule has 0 amide bonds. The van der Waals surface area contributed by atoms with Crippen molar-refractivity contribution in [1.29, 1.82) is 0 Å². The van der Waals surface area contributed by atoms with Crippen LogP contribution < -0.4 is 4.90 Å². The van der Waals surface area contributed by atoms with Gasteiger partial charge >= 0.3 is 0 Å². The molecule has 3 aromatic heterocycles. The number of aromatic nitrogens is 3. The highest BCUT2D eigenvalue weighted by Crippen LogP contribution is 2.53. The van der Waals surface area contributed by atoms with E-state index in [1.165, 1.54) is 55.4 Å². The van der Waals surface area contributed by atoms with Crippen molar-refractivity contribution in [3.8, 4) is 22.5 Å². The molecule has 54 heavy (non-hydrogen) atoms. The van der Waals surface area contributed by atoms with E-state index in [2.05, 4.69) is 198 Å². The minimum Gasteiger partial charge on any atom is -0.310 e. The molecule has 256 valence electrons. The van der Waals surface area contributed by atoms with Crippen molar-refractivity contribution in [1.82, 2.24) is 14.1 Å². The van der Waals surface area contributed by atoms with E-state index in [0.717, 1.165) is 39.0 Å². The van der Waals surface area contributed by atoms with E-state index in [-0.39, 0.29) is 5.41 Å². The van der Waals surface area contributed by atoms with Gasteiger partial charge in [-0.25, -0.2) is 0 Å². The van der Waals surface area contributed by atoms with Crippen LogP contribution in [0.2, 0.25) is 0 Å². The lowest BCUT2D eigenvalue weighted by Crippen LogP contribution is -2.30. The Morgan fingerprint density at radius 1 is 0.407 bits per heavy atom. The summed E-state index contributed by atoms with van der Waals surface area (Å²) in [4.78, 5) is 7.34. The largest absolute Gasteiger partial charge is 0.310 e. The van der Waals surface area contributed by atoms with Crippen LogP contribution in [0.15, 0.2) is 182 Å². The molecule has 1 aliphatic rings. The highest BCUT2D eigenvalue weighted by molar-refractivity contribution is 6.13. The van der Waals surface area contributed by atoms with Crippen LogP contribution in [0, 0.1) is 0 Å². The van der Waals surface area contributed by atoms with Crippen molar-refractivity contribution in [2.45, 2.75) is 19.3 Å². The first-order chi connectivity index (χ1) is 26.6. The van der Waals surface area contributed by atoms with E-state index in [1.54, 1.807) is 0 Å². The molecule has 10 aromatic rings. The third kappa shape index (κ3) is 4.40. The third-order valence-electron chi connectivity index (χ3n) is 11.5. The van der Waals surface area contributed by atoms with Crippen LogP contribution >= 0.6 is 0 Å². The molecule has 0 saturated heterocycles. The number of para-hydroxylation sites is 4. The first-order valence-electron chi connectivity index (χ1n) is 18.6. The molecule has 0 N–H and O–H groups in total. The van der Waals surface area contributed by atoms with Crippen molar-refractivity contribution in [2.24, 2.45) is 0 Å². The van der Waals surface area contributed by atoms with Gasteiger partial charge < -0.3 is 14.0 Å². The van der Waals surface area contributed by atoms with Crippen molar-refractivity contribution >= 4 is 60.8 Å². The van der Waals surface area contributed by atoms with Crippen LogP contribution in [0.25, 0.3) is 66.2 Å². The molecular formula is C50H36N4. The van der Waals surface area contributed by atoms with Crippen molar-refractivity contribution in [3.63, 3.8) is 0 Å². The summed E-state index contributed by atoms with van der Waals surface area (Å²) < 4.78 is 4.76. The fraction of sp³-hybridized carbons (Fsp3) is 0.0600. The van der Waals surface area contributed by atoms with Gasteiger partial charge in [-0.1, -0.05) is 98.8 Å². The summed E-state index contributed by atoms with van der Waals surface area (Å²) in [5.74, 6) is 0. The minimum atomic E-state index is -0.211. The third-order valence-corrected chi connectivity index (χ3v) is 11.5. The molecule has 0 unspecified atom stereocenters. The fourth-order valence-electron chi connectivity index (χ4n) is 8.97. The van der Waals surface area contributed by atoms with Gasteiger partial charge in [0.25, 0.3) is 0 Å². The summed E-state index contributed by atoms with van der Waals surface area (Å²) in [5.41, 5.74) is 16.3. The van der Waals surface area contributed by atoms with Crippen LogP contribution in [0.4, 0.5) is 17.1 Å². The molecular weight excluding hydrogens is 657 g/mol. The molecule has 4 nitrogen and oxygen atoms in total. The Kier molecular flexibility index (Phi) is 6.56. The Bertz CT molecular complexity index is 3060. The van der Waals surface area contributed by atoms with Crippen LogP contribution in [-0.4, -0.2) is 14.1 Å². The van der Waals surface area contributed by atoms with Gasteiger partial charge in [0.15, 0.2) is 0 Å². The van der Waals surface area contributed by atoms with Gasteiger partial charge in [-0.3, -0.25) is 4.98 Å². The van der Waals surface area contributed by atoms with E-state index >= 15 is 0 Å². The second-order valence-electron chi connectivity index (χ2n) is 14.9. The molecule has 0 atom stereocenters. The van der Waals surface area contributed by atoms with E-state index in [0.29, 0.717) is 0 Å². The Balaban J connectivity index is 1.18. The average Bonchev–Trinajstić information content (AvgIpc) is 3.73. The van der Waals surface area contributed by atoms with Crippen LogP contribution in [0.1, 0.15) is 25.0 Å².